The summed E-state index contributed by atoms with van der Waals surface area (Å²) in [6.45, 7) is 1.74. The summed E-state index contributed by atoms with van der Waals surface area (Å²) in [5.41, 5.74) is 0.205. The maximum absolute atomic E-state index is 13.0. The minimum atomic E-state index is -0.493. The van der Waals surface area contributed by atoms with Gasteiger partial charge in [0.1, 0.15) is 5.82 Å². The summed E-state index contributed by atoms with van der Waals surface area (Å²) in [6.07, 6.45) is 1.85. The molecular weight excluding hydrogens is 291 g/mol. The molecule has 0 spiro atoms. The number of carbonyl (C=O) groups is 1. The highest BCUT2D eigenvalue weighted by molar-refractivity contribution is 7.99. The predicted molar refractivity (Wildman–Crippen MR) is 77.4 cm³/mol. The lowest BCUT2D eigenvalue weighted by Gasteiger charge is -2.21. The van der Waals surface area contributed by atoms with Crippen LogP contribution in [0.5, 0.6) is 0 Å². The summed E-state index contributed by atoms with van der Waals surface area (Å²) in [5, 5.41) is 14.4. The van der Waals surface area contributed by atoms with Gasteiger partial charge in [-0.15, -0.1) is 0 Å². The number of anilines is 1. The average molecular weight is 307 g/mol. The number of hydrogen-bond donors (Lipinski definition) is 3. The van der Waals surface area contributed by atoms with Crippen LogP contribution in [0.4, 0.5) is 14.9 Å². The zero-order valence-corrected chi connectivity index (χ0v) is 12.2. The number of rotatable bonds is 5. The summed E-state index contributed by atoms with van der Waals surface area (Å²) in [6, 6.07) is 3.00. The number of aliphatic hydroxyl groups excluding tert-OH is 1. The summed E-state index contributed by atoms with van der Waals surface area (Å²) >= 11 is 7.29. The second-order valence-electron chi connectivity index (χ2n) is 3.97. The Balaban J connectivity index is 2.62. The van der Waals surface area contributed by atoms with Crippen LogP contribution in [0, 0.1) is 5.82 Å². The molecule has 0 aliphatic rings. The molecule has 0 radical (unpaired) electrons. The third-order valence-corrected chi connectivity index (χ3v) is 4.07. The Bertz CT molecular complexity index is 444. The first-order chi connectivity index (χ1) is 8.97. The number of thioether (sulfide) groups is 1. The van der Waals surface area contributed by atoms with Gasteiger partial charge in [-0.3, -0.25) is 0 Å². The van der Waals surface area contributed by atoms with Crippen LogP contribution in [-0.4, -0.2) is 35.3 Å². The van der Waals surface area contributed by atoms with Crippen LogP contribution in [0.2, 0.25) is 5.02 Å². The van der Waals surface area contributed by atoms with Gasteiger partial charge in [0, 0.05) is 11.3 Å². The van der Waals surface area contributed by atoms with E-state index in [9.17, 15) is 9.18 Å². The van der Waals surface area contributed by atoms with Crippen molar-refractivity contribution < 1.29 is 14.3 Å². The molecule has 106 valence electrons. The van der Waals surface area contributed by atoms with E-state index in [1.54, 1.807) is 6.92 Å². The van der Waals surface area contributed by atoms with Gasteiger partial charge in [0.25, 0.3) is 0 Å². The molecule has 4 nitrogen and oxygen atoms in total. The van der Waals surface area contributed by atoms with E-state index < -0.39 is 11.8 Å². The number of aliphatic hydroxyl groups is 1. The van der Waals surface area contributed by atoms with Crippen molar-refractivity contribution in [1.82, 2.24) is 5.32 Å². The predicted octanol–water partition coefficient (Wildman–Crippen LogP) is 2.71. The Kier molecular flexibility index (Phi) is 6.41. The molecule has 0 saturated heterocycles. The number of carbonyl (C=O) groups excluding carboxylic acids is 1. The minimum absolute atomic E-state index is 0.0384. The number of urea groups is 1. The first-order valence-corrected chi connectivity index (χ1v) is 7.30. The molecule has 0 fully saturated rings. The van der Waals surface area contributed by atoms with Crippen molar-refractivity contribution >= 4 is 35.1 Å². The molecule has 0 saturated carbocycles. The monoisotopic (exact) mass is 306 g/mol. The highest BCUT2D eigenvalue weighted by atomic mass is 35.5. The molecule has 0 aromatic heterocycles. The number of hydrogen-bond acceptors (Lipinski definition) is 3. The summed E-state index contributed by atoms with van der Waals surface area (Å²) in [4.78, 5) is 11.7. The molecule has 7 heteroatoms. The van der Waals surface area contributed by atoms with Gasteiger partial charge in [0.2, 0.25) is 0 Å². The number of halogens is 2. The lowest BCUT2D eigenvalue weighted by Crippen LogP contribution is -2.43. The second-order valence-corrected chi connectivity index (χ2v) is 5.45. The molecule has 0 bridgehead atoms. The van der Waals surface area contributed by atoms with E-state index in [0.717, 1.165) is 6.07 Å². The average Bonchev–Trinajstić information content (AvgIpc) is 2.35. The van der Waals surface area contributed by atoms with Gasteiger partial charge in [-0.05, 0) is 31.4 Å². The number of amides is 2. The maximum atomic E-state index is 13.0. The summed E-state index contributed by atoms with van der Waals surface area (Å²) in [5.74, 6) is -0.481. The zero-order valence-electron chi connectivity index (χ0n) is 10.6. The molecule has 3 N–H and O–H groups in total. The molecule has 2 atom stereocenters. The third-order valence-electron chi connectivity index (χ3n) is 2.58. The third kappa shape index (κ3) is 4.89. The molecule has 1 aromatic rings. The smallest absolute Gasteiger partial charge is 0.319 e. The van der Waals surface area contributed by atoms with Crippen LogP contribution in [0.25, 0.3) is 0 Å². The van der Waals surface area contributed by atoms with E-state index in [1.165, 1.54) is 23.9 Å². The van der Waals surface area contributed by atoms with Crippen molar-refractivity contribution in [2.45, 2.75) is 18.2 Å². The normalized spacial score (nSPS) is 13.7. The van der Waals surface area contributed by atoms with E-state index >= 15 is 0 Å². The molecule has 19 heavy (non-hydrogen) atoms. The largest absolute Gasteiger partial charge is 0.395 e. The summed E-state index contributed by atoms with van der Waals surface area (Å²) in [7, 11) is 0. The van der Waals surface area contributed by atoms with E-state index in [2.05, 4.69) is 10.6 Å². The SMILES string of the molecule is CSC(CO)C(C)NC(=O)Nc1cc(F)ccc1Cl. The van der Waals surface area contributed by atoms with Crippen LogP contribution in [0.1, 0.15) is 6.92 Å². The molecule has 0 aliphatic heterocycles. The van der Waals surface area contributed by atoms with E-state index in [0.29, 0.717) is 0 Å². The van der Waals surface area contributed by atoms with Crippen LogP contribution in [0.15, 0.2) is 18.2 Å². The van der Waals surface area contributed by atoms with Crippen molar-refractivity contribution in [2.75, 3.05) is 18.2 Å². The van der Waals surface area contributed by atoms with Gasteiger partial charge in [-0.1, -0.05) is 11.6 Å². The first kappa shape index (κ1) is 16.1. The van der Waals surface area contributed by atoms with Crippen molar-refractivity contribution in [3.63, 3.8) is 0 Å². The first-order valence-electron chi connectivity index (χ1n) is 5.64. The second kappa shape index (κ2) is 7.57. The van der Waals surface area contributed by atoms with Crippen LogP contribution in [0.3, 0.4) is 0 Å². The Labute approximate surface area is 120 Å². The van der Waals surface area contributed by atoms with Crippen LogP contribution < -0.4 is 10.6 Å². The quantitative estimate of drug-likeness (QED) is 0.784. The molecule has 1 rings (SSSR count). The van der Waals surface area contributed by atoms with Crippen molar-refractivity contribution in [3.8, 4) is 0 Å². The Morgan fingerprint density at radius 1 is 1.58 bits per heavy atom. The Hall–Kier alpha value is -0.980. The fourth-order valence-corrected chi connectivity index (χ4v) is 2.28. The van der Waals surface area contributed by atoms with E-state index in [1.807, 2.05) is 6.26 Å². The van der Waals surface area contributed by atoms with Gasteiger partial charge < -0.3 is 15.7 Å². The van der Waals surface area contributed by atoms with Gasteiger partial charge in [0.15, 0.2) is 0 Å². The highest BCUT2D eigenvalue weighted by Crippen LogP contribution is 2.22. The molecule has 2 amide bonds. The molecule has 0 aliphatic carbocycles. The van der Waals surface area contributed by atoms with Gasteiger partial charge in [-0.25, -0.2) is 9.18 Å². The lowest BCUT2D eigenvalue weighted by atomic mass is 10.2. The van der Waals surface area contributed by atoms with Crippen molar-refractivity contribution in [1.29, 1.82) is 0 Å². The molecule has 1 aromatic carbocycles. The summed E-state index contributed by atoms with van der Waals surface area (Å²) < 4.78 is 13.0. The molecule has 0 heterocycles. The number of benzene rings is 1. The van der Waals surface area contributed by atoms with Crippen molar-refractivity contribution in [3.05, 3.63) is 29.0 Å². The van der Waals surface area contributed by atoms with Gasteiger partial charge in [-0.2, -0.15) is 11.8 Å². The van der Waals surface area contributed by atoms with E-state index in [4.69, 9.17) is 16.7 Å². The Morgan fingerprint density at radius 2 is 2.26 bits per heavy atom. The van der Waals surface area contributed by atoms with Crippen molar-refractivity contribution in [2.24, 2.45) is 0 Å². The fraction of sp³-hybridized carbons (Fsp3) is 0.417. The van der Waals surface area contributed by atoms with Crippen LogP contribution >= 0.6 is 23.4 Å². The maximum Gasteiger partial charge on any atom is 0.319 e. The topological polar surface area (TPSA) is 61.4 Å². The van der Waals surface area contributed by atoms with Gasteiger partial charge in [0.05, 0.1) is 17.3 Å². The van der Waals surface area contributed by atoms with E-state index in [-0.39, 0.29) is 28.6 Å². The molecular formula is C12H16ClFN2O2S. The lowest BCUT2D eigenvalue weighted by molar-refractivity contribution is 0.243. The van der Waals surface area contributed by atoms with Gasteiger partial charge >= 0.3 is 6.03 Å². The minimum Gasteiger partial charge on any atom is -0.395 e. The standard InChI is InChI=1S/C12H16ClFN2O2S/c1-7(11(6-17)19-2)15-12(18)16-10-5-8(14)3-4-9(10)13/h3-5,7,11,17H,6H2,1-2H3,(H2,15,16,18). The molecule has 2 unspecified atom stereocenters. The van der Waals surface area contributed by atoms with Crippen LogP contribution in [-0.2, 0) is 0 Å². The highest BCUT2D eigenvalue weighted by Gasteiger charge is 2.17. The number of nitrogens with one attached hydrogen (secondary N) is 2. The zero-order chi connectivity index (χ0) is 14.4. The Morgan fingerprint density at radius 3 is 2.84 bits per heavy atom. The fourth-order valence-electron chi connectivity index (χ4n) is 1.49.